The second kappa shape index (κ2) is 7.10. The van der Waals surface area contributed by atoms with E-state index >= 15 is 0 Å². The van der Waals surface area contributed by atoms with Gasteiger partial charge in [-0.25, -0.2) is 0 Å². The Kier molecular flexibility index (Phi) is 5.45. The van der Waals surface area contributed by atoms with Crippen molar-refractivity contribution in [1.29, 1.82) is 0 Å². The average molecular weight is 284 g/mol. The molecule has 0 atom stereocenters. The first-order chi connectivity index (χ1) is 9.19. The predicted octanol–water partition coefficient (Wildman–Crippen LogP) is 1.42. The van der Waals surface area contributed by atoms with Gasteiger partial charge < -0.3 is 10.8 Å². The van der Waals surface area contributed by atoms with E-state index in [1.165, 1.54) is 0 Å². The van der Waals surface area contributed by atoms with Crippen LogP contribution >= 0.6 is 11.6 Å². The third kappa shape index (κ3) is 4.35. The summed E-state index contributed by atoms with van der Waals surface area (Å²) in [6, 6.07) is 5.65. The molecule has 1 aromatic rings. The third-order valence-electron chi connectivity index (χ3n) is 3.56. The second-order valence-corrected chi connectivity index (χ2v) is 5.45. The largest absolute Gasteiger partial charge is 0.399 e. The Bertz CT molecular complexity index is 414. The first kappa shape index (κ1) is 14.6. The van der Waals surface area contributed by atoms with Gasteiger partial charge in [0.1, 0.15) is 0 Å². The maximum atomic E-state index is 8.99. The molecule has 1 fully saturated rings. The number of rotatable bonds is 4. The fourth-order valence-electron chi connectivity index (χ4n) is 2.50. The topological polar surface area (TPSA) is 52.7 Å². The summed E-state index contributed by atoms with van der Waals surface area (Å²) in [6.45, 7) is 5.98. The number of aliphatic hydroxyl groups excluding tert-OH is 1. The van der Waals surface area contributed by atoms with Crippen molar-refractivity contribution in [2.24, 2.45) is 0 Å². The van der Waals surface area contributed by atoms with Gasteiger partial charge in [-0.3, -0.25) is 9.80 Å². The van der Waals surface area contributed by atoms with Crippen molar-refractivity contribution in [2.45, 2.75) is 13.0 Å². The zero-order valence-corrected chi connectivity index (χ0v) is 11.9. The smallest absolute Gasteiger partial charge is 0.0558 e. The van der Waals surface area contributed by atoms with Crippen LogP contribution in [-0.2, 0) is 6.54 Å². The van der Waals surface area contributed by atoms with Gasteiger partial charge >= 0.3 is 0 Å². The molecule has 1 aliphatic heterocycles. The van der Waals surface area contributed by atoms with Crippen LogP contribution in [0.5, 0.6) is 0 Å². The van der Waals surface area contributed by atoms with Crippen molar-refractivity contribution in [3.63, 3.8) is 0 Å². The third-order valence-corrected chi connectivity index (χ3v) is 3.93. The van der Waals surface area contributed by atoms with Crippen molar-refractivity contribution in [2.75, 3.05) is 45.1 Å². The van der Waals surface area contributed by atoms with E-state index in [4.69, 9.17) is 22.4 Å². The second-order valence-electron chi connectivity index (χ2n) is 5.05. The maximum Gasteiger partial charge on any atom is 0.0558 e. The summed E-state index contributed by atoms with van der Waals surface area (Å²) in [5.74, 6) is 0. The minimum absolute atomic E-state index is 0.237. The van der Waals surface area contributed by atoms with Crippen LogP contribution in [0.1, 0.15) is 12.0 Å². The van der Waals surface area contributed by atoms with Crippen LogP contribution in [0.2, 0.25) is 5.02 Å². The molecule has 0 amide bonds. The number of hydrogen-bond donors (Lipinski definition) is 2. The molecule has 0 radical (unpaired) electrons. The van der Waals surface area contributed by atoms with E-state index in [2.05, 4.69) is 9.80 Å². The number of nitrogen functional groups attached to an aromatic ring is 1. The average Bonchev–Trinajstić information content (AvgIpc) is 2.60. The summed E-state index contributed by atoms with van der Waals surface area (Å²) in [5, 5.41) is 9.77. The molecule has 0 aliphatic carbocycles. The van der Waals surface area contributed by atoms with Gasteiger partial charge in [0.2, 0.25) is 0 Å². The van der Waals surface area contributed by atoms with Crippen LogP contribution in [0, 0.1) is 0 Å². The molecule has 106 valence electrons. The van der Waals surface area contributed by atoms with E-state index in [-0.39, 0.29) is 6.61 Å². The number of hydrogen-bond acceptors (Lipinski definition) is 4. The Morgan fingerprint density at radius 1 is 1.16 bits per heavy atom. The molecule has 19 heavy (non-hydrogen) atoms. The molecular weight excluding hydrogens is 262 g/mol. The lowest BCUT2D eigenvalue weighted by Crippen LogP contribution is -2.32. The highest BCUT2D eigenvalue weighted by molar-refractivity contribution is 6.31. The molecule has 0 unspecified atom stereocenters. The van der Waals surface area contributed by atoms with Crippen LogP contribution < -0.4 is 5.73 Å². The number of nitrogens with two attached hydrogens (primary N) is 1. The lowest BCUT2D eigenvalue weighted by Gasteiger charge is -2.21. The highest BCUT2D eigenvalue weighted by atomic mass is 35.5. The van der Waals surface area contributed by atoms with Crippen molar-refractivity contribution in [3.8, 4) is 0 Å². The summed E-state index contributed by atoms with van der Waals surface area (Å²) in [6.07, 6.45) is 1.12. The standard InChI is InChI=1S/C14H22ClN3O/c15-14-3-2-13(16)10-12(14)11-18-5-1-4-17(6-7-18)8-9-19/h2-3,10,19H,1,4-9,11,16H2. The van der Waals surface area contributed by atoms with Crippen molar-refractivity contribution >= 4 is 17.3 Å². The molecule has 2 rings (SSSR count). The first-order valence-electron chi connectivity index (χ1n) is 6.78. The van der Waals surface area contributed by atoms with E-state index in [0.717, 1.165) is 62.0 Å². The summed E-state index contributed by atoms with van der Waals surface area (Å²) < 4.78 is 0. The normalized spacial score (nSPS) is 18.4. The Balaban J connectivity index is 1.94. The van der Waals surface area contributed by atoms with Gasteiger partial charge in [-0.05, 0) is 43.3 Å². The Hall–Kier alpha value is -0.810. The van der Waals surface area contributed by atoms with E-state index in [1.54, 1.807) is 0 Å². The predicted molar refractivity (Wildman–Crippen MR) is 79.3 cm³/mol. The van der Waals surface area contributed by atoms with E-state index in [0.29, 0.717) is 0 Å². The van der Waals surface area contributed by atoms with Crippen LogP contribution in [0.25, 0.3) is 0 Å². The fourth-order valence-corrected chi connectivity index (χ4v) is 2.68. The molecule has 1 saturated heterocycles. The van der Waals surface area contributed by atoms with Crippen LogP contribution in [-0.4, -0.2) is 54.2 Å². The molecule has 0 saturated carbocycles. The Morgan fingerprint density at radius 2 is 1.89 bits per heavy atom. The molecule has 3 N–H and O–H groups in total. The molecule has 1 aliphatic rings. The van der Waals surface area contributed by atoms with Gasteiger partial charge in [0.15, 0.2) is 0 Å². The quantitative estimate of drug-likeness (QED) is 0.821. The monoisotopic (exact) mass is 283 g/mol. The molecular formula is C14H22ClN3O. The summed E-state index contributed by atoms with van der Waals surface area (Å²) >= 11 is 6.21. The first-order valence-corrected chi connectivity index (χ1v) is 7.16. The maximum absolute atomic E-state index is 8.99. The van der Waals surface area contributed by atoms with Crippen LogP contribution in [0.15, 0.2) is 18.2 Å². The Morgan fingerprint density at radius 3 is 2.68 bits per heavy atom. The number of β-amino-alcohol motifs (C(OH)–C–C–N with tert-alkyl or cyclic N) is 1. The minimum Gasteiger partial charge on any atom is -0.399 e. The van der Waals surface area contributed by atoms with Gasteiger partial charge in [0.25, 0.3) is 0 Å². The Labute approximate surface area is 119 Å². The van der Waals surface area contributed by atoms with Crippen molar-refractivity contribution < 1.29 is 5.11 Å². The summed E-state index contributed by atoms with van der Waals surface area (Å²) in [7, 11) is 0. The molecule has 0 spiro atoms. The molecule has 0 bridgehead atoms. The highest BCUT2D eigenvalue weighted by Crippen LogP contribution is 2.21. The van der Waals surface area contributed by atoms with Crippen molar-refractivity contribution in [3.05, 3.63) is 28.8 Å². The number of benzene rings is 1. The molecule has 5 heteroatoms. The van der Waals surface area contributed by atoms with Gasteiger partial charge in [-0.1, -0.05) is 11.6 Å². The molecule has 0 aromatic heterocycles. The molecule has 4 nitrogen and oxygen atoms in total. The van der Waals surface area contributed by atoms with Gasteiger partial charge in [-0.15, -0.1) is 0 Å². The van der Waals surface area contributed by atoms with Gasteiger partial charge in [0, 0.05) is 36.9 Å². The zero-order valence-electron chi connectivity index (χ0n) is 11.2. The van der Waals surface area contributed by atoms with Crippen LogP contribution in [0.3, 0.4) is 0 Å². The number of aliphatic hydroxyl groups is 1. The van der Waals surface area contributed by atoms with E-state index < -0.39 is 0 Å². The van der Waals surface area contributed by atoms with Crippen molar-refractivity contribution in [1.82, 2.24) is 9.80 Å². The van der Waals surface area contributed by atoms with Gasteiger partial charge in [-0.2, -0.15) is 0 Å². The SMILES string of the molecule is Nc1ccc(Cl)c(CN2CCCN(CCO)CC2)c1. The molecule has 1 aromatic carbocycles. The molecule has 1 heterocycles. The summed E-state index contributed by atoms with van der Waals surface area (Å²) in [4.78, 5) is 4.71. The van der Waals surface area contributed by atoms with E-state index in [9.17, 15) is 0 Å². The van der Waals surface area contributed by atoms with Crippen LogP contribution in [0.4, 0.5) is 5.69 Å². The highest BCUT2D eigenvalue weighted by Gasteiger charge is 2.15. The number of nitrogens with zero attached hydrogens (tertiary/aromatic N) is 2. The number of anilines is 1. The van der Waals surface area contributed by atoms with Gasteiger partial charge in [0.05, 0.1) is 6.61 Å². The fraction of sp³-hybridized carbons (Fsp3) is 0.571. The van der Waals surface area contributed by atoms with E-state index in [1.807, 2.05) is 18.2 Å². The lowest BCUT2D eigenvalue weighted by atomic mass is 10.2. The zero-order chi connectivity index (χ0) is 13.7. The summed E-state index contributed by atoms with van der Waals surface area (Å²) in [5.41, 5.74) is 7.67. The number of halogens is 1. The minimum atomic E-state index is 0.237. The lowest BCUT2D eigenvalue weighted by molar-refractivity contribution is 0.196.